The van der Waals surface area contributed by atoms with Crippen LogP contribution in [0.4, 0.5) is 11.4 Å². The molecular formula is C23H21N3O6. The SMILES string of the molecule is CCCN1C(=O)COc2ccc(C(=O)C(C)n3c(=O)ccc4cc([N+](=O)[O-])ccc43)cc21. The Balaban J connectivity index is 1.76. The Bertz CT molecular complexity index is 1310. The van der Waals surface area contributed by atoms with Gasteiger partial charge in [0.05, 0.1) is 22.2 Å². The first kappa shape index (κ1) is 21.2. The number of Topliss-reactive ketones (excluding diaryl/α,β-unsaturated/α-hetero) is 1. The van der Waals surface area contributed by atoms with E-state index >= 15 is 0 Å². The van der Waals surface area contributed by atoms with Crippen LogP contribution in [0.25, 0.3) is 10.9 Å². The predicted molar refractivity (Wildman–Crippen MR) is 118 cm³/mol. The number of pyridine rings is 1. The minimum absolute atomic E-state index is 0.0474. The van der Waals surface area contributed by atoms with Crippen molar-refractivity contribution in [1.82, 2.24) is 4.57 Å². The van der Waals surface area contributed by atoms with Crippen molar-refractivity contribution in [2.75, 3.05) is 18.1 Å². The number of nitro benzene ring substituents is 1. The van der Waals surface area contributed by atoms with E-state index in [4.69, 9.17) is 4.74 Å². The highest BCUT2D eigenvalue weighted by Crippen LogP contribution is 2.34. The molecule has 1 aliphatic heterocycles. The summed E-state index contributed by atoms with van der Waals surface area (Å²) in [6, 6.07) is 10.9. The van der Waals surface area contributed by atoms with E-state index in [1.54, 1.807) is 30.0 Å². The average Bonchev–Trinajstić information content (AvgIpc) is 2.79. The summed E-state index contributed by atoms with van der Waals surface area (Å²) in [6.45, 7) is 4.02. The number of amides is 1. The van der Waals surface area contributed by atoms with Crippen LogP contribution in [0.15, 0.2) is 53.3 Å². The van der Waals surface area contributed by atoms with Crippen LogP contribution >= 0.6 is 0 Å². The van der Waals surface area contributed by atoms with Crippen LogP contribution in [-0.2, 0) is 4.79 Å². The van der Waals surface area contributed by atoms with Crippen molar-refractivity contribution < 1.29 is 19.2 Å². The summed E-state index contributed by atoms with van der Waals surface area (Å²) in [7, 11) is 0. The number of ether oxygens (including phenoxy) is 1. The summed E-state index contributed by atoms with van der Waals surface area (Å²) in [5, 5.41) is 11.6. The second-order valence-electron chi connectivity index (χ2n) is 7.60. The number of ketones is 1. The van der Waals surface area contributed by atoms with E-state index in [1.807, 2.05) is 6.92 Å². The molecule has 164 valence electrons. The van der Waals surface area contributed by atoms with Gasteiger partial charge in [0, 0.05) is 35.7 Å². The second kappa shape index (κ2) is 8.26. The van der Waals surface area contributed by atoms with Gasteiger partial charge in [0.25, 0.3) is 17.2 Å². The standard InChI is InChI=1S/C23H21N3O6/c1-3-10-24-19-12-16(4-8-20(19)32-13-22(24)28)23(29)14(2)25-18-7-6-17(26(30)31)11-15(18)5-9-21(25)27/h4-9,11-12,14H,3,10,13H2,1-2H3. The topological polar surface area (TPSA) is 112 Å². The molecule has 1 atom stereocenters. The number of hydrogen-bond acceptors (Lipinski definition) is 6. The Morgan fingerprint density at radius 3 is 2.66 bits per heavy atom. The lowest BCUT2D eigenvalue weighted by Crippen LogP contribution is -2.39. The molecule has 1 aromatic heterocycles. The Morgan fingerprint density at radius 2 is 1.94 bits per heavy atom. The van der Waals surface area contributed by atoms with Crippen LogP contribution in [0.3, 0.4) is 0 Å². The van der Waals surface area contributed by atoms with Crippen molar-refractivity contribution in [2.45, 2.75) is 26.3 Å². The fourth-order valence-electron chi connectivity index (χ4n) is 3.95. The fraction of sp³-hybridized carbons (Fsp3) is 0.261. The zero-order valence-corrected chi connectivity index (χ0v) is 17.6. The van der Waals surface area contributed by atoms with Gasteiger partial charge in [-0.05, 0) is 43.7 Å². The molecule has 9 nitrogen and oxygen atoms in total. The highest BCUT2D eigenvalue weighted by atomic mass is 16.6. The van der Waals surface area contributed by atoms with Crippen LogP contribution in [-0.4, -0.2) is 34.3 Å². The summed E-state index contributed by atoms with van der Waals surface area (Å²) in [4.78, 5) is 50.4. The van der Waals surface area contributed by atoms with Gasteiger partial charge in [0.2, 0.25) is 0 Å². The molecule has 0 N–H and O–H groups in total. The second-order valence-corrected chi connectivity index (χ2v) is 7.60. The lowest BCUT2D eigenvalue weighted by atomic mass is 10.0. The first-order valence-corrected chi connectivity index (χ1v) is 10.2. The van der Waals surface area contributed by atoms with Gasteiger partial charge in [0.15, 0.2) is 12.4 Å². The maximum atomic E-state index is 13.3. The first-order valence-electron chi connectivity index (χ1n) is 10.2. The summed E-state index contributed by atoms with van der Waals surface area (Å²) < 4.78 is 6.81. The molecular weight excluding hydrogens is 414 g/mol. The maximum Gasteiger partial charge on any atom is 0.270 e. The number of nitrogens with zero attached hydrogens (tertiary/aromatic N) is 3. The number of fused-ring (bicyclic) bond motifs is 2. The molecule has 0 saturated heterocycles. The molecule has 0 bridgehead atoms. The number of nitro groups is 1. The zero-order chi connectivity index (χ0) is 23.0. The van der Waals surface area contributed by atoms with Gasteiger partial charge in [-0.1, -0.05) is 6.92 Å². The van der Waals surface area contributed by atoms with Gasteiger partial charge in [-0.3, -0.25) is 29.1 Å². The predicted octanol–water partition coefficient (Wildman–Crippen LogP) is 3.49. The Hall–Kier alpha value is -4.01. The van der Waals surface area contributed by atoms with E-state index in [-0.39, 0.29) is 24.0 Å². The Morgan fingerprint density at radius 1 is 1.16 bits per heavy atom. The Labute approximate surface area is 183 Å². The van der Waals surface area contributed by atoms with E-state index in [0.717, 1.165) is 6.42 Å². The van der Waals surface area contributed by atoms with Gasteiger partial charge in [-0.2, -0.15) is 0 Å². The number of carbonyl (C=O) groups excluding carboxylic acids is 2. The van der Waals surface area contributed by atoms with Gasteiger partial charge in [-0.15, -0.1) is 0 Å². The molecule has 4 rings (SSSR count). The molecule has 1 amide bonds. The van der Waals surface area contributed by atoms with Crippen LogP contribution in [0.1, 0.15) is 36.7 Å². The highest BCUT2D eigenvalue weighted by Gasteiger charge is 2.27. The molecule has 0 fully saturated rings. The van der Waals surface area contributed by atoms with E-state index < -0.39 is 16.5 Å². The molecule has 0 saturated carbocycles. The smallest absolute Gasteiger partial charge is 0.270 e. The molecule has 2 aromatic carbocycles. The highest BCUT2D eigenvalue weighted by molar-refractivity contribution is 6.03. The minimum Gasteiger partial charge on any atom is -0.482 e. The summed E-state index contributed by atoms with van der Waals surface area (Å²) in [5.41, 5.74) is 0.796. The third-order valence-electron chi connectivity index (χ3n) is 5.52. The molecule has 9 heteroatoms. The lowest BCUT2D eigenvalue weighted by molar-refractivity contribution is -0.384. The van der Waals surface area contributed by atoms with Gasteiger partial charge >= 0.3 is 0 Å². The average molecular weight is 435 g/mol. The molecule has 0 radical (unpaired) electrons. The van der Waals surface area contributed by atoms with Crippen molar-refractivity contribution in [3.8, 4) is 5.75 Å². The molecule has 0 aliphatic carbocycles. The van der Waals surface area contributed by atoms with E-state index in [1.165, 1.54) is 34.9 Å². The summed E-state index contributed by atoms with van der Waals surface area (Å²) >= 11 is 0. The number of anilines is 1. The number of carbonyl (C=O) groups is 2. The quantitative estimate of drug-likeness (QED) is 0.333. The normalized spacial score (nSPS) is 14.1. The molecule has 32 heavy (non-hydrogen) atoms. The first-order chi connectivity index (χ1) is 15.3. The van der Waals surface area contributed by atoms with Crippen LogP contribution in [0.2, 0.25) is 0 Å². The van der Waals surface area contributed by atoms with Crippen LogP contribution in [0, 0.1) is 10.1 Å². The molecule has 0 spiro atoms. The van der Waals surface area contributed by atoms with Crippen molar-refractivity contribution in [3.05, 3.63) is 74.6 Å². The van der Waals surface area contributed by atoms with Crippen LogP contribution < -0.4 is 15.2 Å². The van der Waals surface area contributed by atoms with Crippen molar-refractivity contribution >= 4 is 34.0 Å². The van der Waals surface area contributed by atoms with Gasteiger partial charge in [-0.25, -0.2) is 0 Å². The zero-order valence-electron chi connectivity index (χ0n) is 17.6. The third-order valence-corrected chi connectivity index (χ3v) is 5.52. The number of rotatable bonds is 6. The monoisotopic (exact) mass is 435 g/mol. The molecule has 1 aliphatic rings. The lowest BCUT2D eigenvalue weighted by Gasteiger charge is -2.29. The fourth-order valence-corrected chi connectivity index (χ4v) is 3.95. The third kappa shape index (κ3) is 3.62. The van der Waals surface area contributed by atoms with E-state index in [0.29, 0.717) is 34.4 Å². The van der Waals surface area contributed by atoms with Crippen molar-refractivity contribution in [1.29, 1.82) is 0 Å². The summed E-state index contributed by atoms with van der Waals surface area (Å²) in [6.07, 6.45) is 0.747. The van der Waals surface area contributed by atoms with Gasteiger partial charge in [0.1, 0.15) is 5.75 Å². The van der Waals surface area contributed by atoms with Crippen LogP contribution in [0.5, 0.6) is 5.75 Å². The Kier molecular flexibility index (Phi) is 5.48. The number of non-ortho nitro benzene ring substituents is 1. The van der Waals surface area contributed by atoms with Crippen molar-refractivity contribution in [3.63, 3.8) is 0 Å². The molecule has 1 unspecified atom stereocenters. The number of hydrogen-bond donors (Lipinski definition) is 0. The van der Waals surface area contributed by atoms with E-state index in [2.05, 4.69) is 0 Å². The molecule has 3 aromatic rings. The number of benzene rings is 2. The van der Waals surface area contributed by atoms with Crippen molar-refractivity contribution in [2.24, 2.45) is 0 Å². The largest absolute Gasteiger partial charge is 0.482 e. The van der Waals surface area contributed by atoms with E-state index in [9.17, 15) is 24.5 Å². The molecule has 2 heterocycles. The number of aromatic nitrogens is 1. The minimum atomic E-state index is -0.870. The summed E-state index contributed by atoms with van der Waals surface area (Å²) in [5.74, 6) is 0.0241. The maximum absolute atomic E-state index is 13.3. The van der Waals surface area contributed by atoms with Gasteiger partial charge < -0.3 is 9.64 Å².